The third-order valence-corrected chi connectivity index (χ3v) is 7.95. The molecule has 32 heavy (non-hydrogen) atoms. The number of aryl methyl sites for hydroxylation is 3. The van der Waals surface area contributed by atoms with E-state index in [1.54, 1.807) is 11.3 Å². The zero-order valence-corrected chi connectivity index (χ0v) is 20.0. The molecule has 164 valence electrons. The summed E-state index contributed by atoms with van der Waals surface area (Å²) in [6.07, 6.45) is 1.97. The molecule has 2 aromatic heterocycles. The van der Waals surface area contributed by atoms with Crippen LogP contribution in [0.1, 0.15) is 40.8 Å². The minimum atomic E-state index is 0.0686. The lowest BCUT2D eigenvalue weighted by Gasteiger charge is -2.23. The minimum Gasteiger partial charge on any atom is -0.332 e. The first-order valence-electron chi connectivity index (χ1n) is 10.8. The van der Waals surface area contributed by atoms with E-state index in [1.165, 1.54) is 22.0 Å². The Hall–Kier alpha value is -2.71. The summed E-state index contributed by atoms with van der Waals surface area (Å²) in [6.45, 7) is 6.89. The number of likely N-dealkylation sites (tertiary alicyclic amines) is 1. The van der Waals surface area contributed by atoms with Gasteiger partial charge in [-0.05, 0) is 62.9 Å². The molecule has 8 heteroatoms. The number of amides is 1. The Morgan fingerprint density at radius 1 is 1.16 bits per heavy atom. The first kappa shape index (κ1) is 21.2. The van der Waals surface area contributed by atoms with Crippen LogP contribution in [-0.4, -0.2) is 42.9 Å². The van der Waals surface area contributed by atoms with Crippen LogP contribution in [0.15, 0.2) is 47.6 Å². The highest BCUT2D eigenvalue weighted by atomic mass is 32.2. The summed E-state index contributed by atoms with van der Waals surface area (Å²) in [5.74, 6) is 1.29. The molecule has 3 heterocycles. The number of hydrogen-bond donors (Lipinski definition) is 0. The number of hydrogen-bond acceptors (Lipinski definition) is 6. The van der Waals surface area contributed by atoms with Crippen molar-refractivity contribution in [2.75, 3.05) is 12.3 Å². The number of nitrogens with zero attached hydrogens (tertiary/aromatic N) is 5. The summed E-state index contributed by atoms with van der Waals surface area (Å²) in [7, 11) is 0. The molecule has 0 spiro atoms. The second kappa shape index (κ2) is 8.67. The predicted molar refractivity (Wildman–Crippen MR) is 130 cm³/mol. The van der Waals surface area contributed by atoms with Crippen molar-refractivity contribution in [2.45, 2.75) is 44.8 Å². The lowest BCUT2D eigenvalue weighted by atomic mass is 10.1. The first-order chi connectivity index (χ1) is 15.5. The monoisotopic (exact) mass is 463 g/mol. The molecular weight excluding hydrogens is 438 g/mol. The summed E-state index contributed by atoms with van der Waals surface area (Å²) in [4.78, 5) is 20.0. The fourth-order valence-electron chi connectivity index (χ4n) is 4.24. The molecule has 1 aliphatic heterocycles. The molecule has 0 radical (unpaired) electrons. The maximum absolute atomic E-state index is 13.2. The van der Waals surface area contributed by atoms with Gasteiger partial charge in [0.05, 0.1) is 27.7 Å². The normalized spacial score (nSPS) is 16.2. The zero-order valence-electron chi connectivity index (χ0n) is 18.4. The number of carbonyl (C=O) groups is 1. The third-order valence-electron chi connectivity index (χ3n) is 5.89. The van der Waals surface area contributed by atoms with Crippen LogP contribution in [0, 0.1) is 20.8 Å². The van der Waals surface area contributed by atoms with Crippen LogP contribution < -0.4 is 0 Å². The summed E-state index contributed by atoms with van der Waals surface area (Å²) >= 11 is 3.15. The molecule has 1 saturated heterocycles. The molecule has 0 saturated carbocycles. The van der Waals surface area contributed by atoms with Crippen LogP contribution in [-0.2, 0) is 4.79 Å². The lowest BCUT2D eigenvalue weighted by molar-refractivity contribution is -0.129. The molecule has 0 bridgehead atoms. The average Bonchev–Trinajstić information content (AvgIpc) is 3.51. The van der Waals surface area contributed by atoms with E-state index < -0.39 is 0 Å². The van der Waals surface area contributed by atoms with Gasteiger partial charge in [0.2, 0.25) is 5.91 Å². The number of benzene rings is 2. The average molecular weight is 464 g/mol. The van der Waals surface area contributed by atoms with Crippen LogP contribution in [0.3, 0.4) is 0 Å². The number of carbonyl (C=O) groups excluding carboxylic acids is 1. The Kier molecular flexibility index (Phi) is 5.73. The Balaban J connectivity index is 1.34. The molecule has 1 amide bonds. The predicted octanol–water partition coefficient (Wildman–Crippen LogP) is 5.26. The van der Waals surface area contributed by atoms with Crippen molar-refractivity contribution in [3.05, 3.63) is 64.4 Å². The highest BCUT2D eigenvalue weighted by Crippen LogP contribution is 2.37. The molecule has 0 aliphatic carbocycles. The van der Waals surface area contributed by atoms with Crippen LogP contribution in [0.4, 0.5) is 0 Å². The second-order valence-corrected chi connectivity index (χ2v) is 10.2. The van der Waals surface area contributed by atoms with Gasteiger partial charge in [0.25, 0.3) is 0 Å². The van der Waals surface area contributed by atoms with E-state index in [9.17, 15) is 4.79 Å². The standard InChI is InChI=1S/C24H25N5OS2/c1-15-10-11-16(2)20(13-15)29-17(3)26-27-24(29)31-14-22(30)28-12-6-8-19(28)23-25-18-7-4-5-9-21(18)32-23/h4-5,7,9-11,13,19H,6,8,12,14H2,1-3H3/t19-/m1/s1. The Bertz CT molecular complexity index is 1260. The van der Waals surface area contributed by atoms with Crippen LogP contribution >= 0.6 is 23.1 Å². The minimum absolute atomic E-state index is 0.0686. The smallest absolute Gasteiger partial charge is 0.233 e. The number of thiazole rings is 1. The Morgan fingerprint density at radius 2 is 2.00 bits per heavy atom. The van der Waals surface area contributed by atoms with Gasteiger partial charge < -0.3 is 4.90 Å². The van der Waals surface area contributed by atoms with Crippen molar-refractivity contribution >= 4 is 39.2 Å². The largest absolute Gasteiger partial charge is 0.332 e. The molecule has 1 aliphatic rings. The number of para-hydroxylation sites is 1. The Labute approximate surface area is 195 Å². The molecular formula is C24H25N5OS2. The quantitative estimate of drug-likeness (QED) is 0.378. The van der Waals surface area contributed by atoms with Gasteiger partial charge in [-0.1, -0.05) is 36.0 Å². The highest BCUT2D eigenvalue weighted by molar-refractivity contribution is 7.99. The fraction of sp³-hybridized carbons (Fsp3) is 0.333. The van der Waals surface area contributed by atoms with Gasteiger partial charge in [-0.3, -0.25) is 9.36 Å². The van der Waals surface area contributed by atoms with Crippen molar-refractivity contribution < 1.29 is 4.79 Å². The van der Waals surface area contributed by atoms with Gasteiger partial charge in [0.15, 0.2) is 5.16 Å². The van der Waals surface area contributed by atoms with E-state index >= 15 is 0 Å². The van der Waals surface area contributed by atoms with Crippen LogP contribution in [0.2, 0.25) is 0 Å². The summed E-state index contributed by atoms with van der Waals surface area (Å²) in [5.41, 5.74) is 4.41. The SMILES string of the molecule is Cc1ccc(C)c(-n2c(C)nnc2SCC(=O)N2CCC[C@@H]2c2nc3ccccc3s2)c1. The molecule has 1 atom stereocenters. The fourth-order valence-corrected chi connectivity index (χ4v) is 6.23. The number of rotatable bonds is 5. The van der Waals surface area contributed by atoms with Crippen molar-refractivity contribution in [3.63, 3.8) is 0 Å². The summed E-state index contributed by atoms with van der Waals surface area (Å²) in [5, 5.41) is 10.4. The van der Waals surface area contributed by atoms with Gasteiger partial charge in [-0.15, -0.1) is 21.5 Å². The molecule has 0 unspecified atom stereocenters. The Morgan fingerprint density at radius 3 is 2.84 bits per heavy atom. The molecule has 1 fully saturated rings. The zero-order chi connectivity index (χ0) is 22.2. The molecule has 0 N–H and O–H groups in total. The second-order valence-electron chi connectivity index (χ2n) is 8.21. The van der Waals surface area contributed by atoms with E-state index in [0.29, 0.717) is 5.75 Å². The van der Waals surface area contributed by atoms with Crippen molar-refractivity contribution in [1.29, 1.82) is 0 Å². The molecule has 2 aromatic carbocycles. The van der Waals surface area contributed by atoms with Gasteiger partial charge >= 0.3 is 0 Å². The van der Waals surface area contributed by atoms with Crippen molar-refractivity contribution in [3.8, 4) is 5.69 Å². The van der Waals surface area contributed by atoms with E-state index in [1.807, 2.05) is 30.0 Å². The highest BCUT2D eigenvalue weighted by Gasteiger charge is 2.32. The number of aromatic nitrogens is 4. The van der Waals surface area contributed by atoms with Gasteiger partial charge in [-0.25, -0.2) is 4.98 Å². The van der Waals surface area contributed by atoms with E-state index in [-0.39, 0.29) is 11.9 Å². The maximum Gasteiger partial charge on any atom is 0.233 e. The first-order valence-corrected chi connectivity index (χ1v) is 12.6. The van der Waals surface area contributed by atoms with Crippen molar-refractivity contribution in [2.24, 2.45) is 0 Å². The van der Waals surface area contributed by atoms with E-state index in [0.717, 1.165) is 52.1 Å². The van der Waals surface area contributed by atoms with Gasteiger partial charge in [-0.2, -0.15) is 0 Å². The molecule has 4 aromatic rings. The molecule has 6 nitrogen and oxygen atoms in total. The summed E-state index contributed by atoms with van der Waals surface area (Å²) in [6, 6.07) is 14.6. The number of thioether (sulfide) groups is 1. The van der Waals surface area contributed by atoms with Crippen molar-refractivity contribution in [1.82, 2.24) is 24.6 Å². The summed E-state index contributed by atoms with van der Waals surface area (Å²) < 4.78 is 3.23. The number of fused-ring (bicyclic) bond motifs is 1. The van der Waals surface area contributed by atoms with E-state index in [4.69, 9.17) is 4.98 Å². The lowest BCUT2D eigenvalue weighted by Crippen LogP contribution is -2.32. The van der Waals surface area contributed by atoms with Gasteiger partial charge in [0, 0.05) is 6.54 Å². The van der Waals surface area contributed by atoms with Crippen LogP contribution in [0.5, 0.6) is 0 Å². The molecule has 5 rings (SSSR count). The topological polar surface area (TPSA) is 63.9 Å². The van der Waals surface area contributed by atoms with E-state index in [2.05, 4.69) is 52.9 Å². The maximum atomic E-state index is 13.2. The van der Waals surface area contributed by atoms with Gasteiger partial charge in [0.1, 0.15) is 10.8 Å². The van der Waals surface area contributed by atoms with Crippen LogP contribution in [0.25, 0.3) is 15.9 Å². The third kappa shape index (κ3) is 3.93.